The Morgan fingerprint density at radius 2 is 1.83 bits per heavy atom. The number of rotatable bonds is 11. The third kappa shape index (κ3) is 7.85. The highest BCUT2D eigenvalue weighted by atomic mass is 19.1. The number of halogens is 1. The van der Waals surface area contributed by atoms with Crippen LogP contribution in [0.5, 0.6) is 0 Å². The molecule has 1 heterocycles. The van der Waals surface area contributed by atoms with Crippen molar-refractivity contribution in [2.24, 2.45) is 0 Å². The molecule has 1 aliphatic carbocycles. The van der Waals surface area contributed by atoms with Crippen LogP contribution in [0.3, 0.4) is 0 Å². The first kappa shape index (κ1) is 26.3. The van der Waals surface area contributed by atoms with Gasteiger partial charge in [-0.15, -0.1) is 0 Å². The quantitative estimate of drug-likeness (QED) is 0.475. The van der Waals surface area contributed by atoms with Gasteiger partial charge in [-0.25, -0.2) is 9.37 Å². The second kappa shape index (κ2) is 13.5. The maximum atomic E-state index is 13.7. The van der Waals surface area contributed by atoms with Crippen molar-refractivity contribution in [2.75, 3.05) is 25.6 Å². The Morgan fingerprint density at radius 3 is 2.49 bits per heavy atom. The number of amides is 3. The predicted octanol–water partition coefficient (Wildman–Crippen LogP) is 3.60. The van der Waals surface area contributed by atoms with Crippen LogP contribution in [0.2, 0.25) is 0 Å². The van der Waals surface area contributed by atoms with Crippen molar-refractivity contribution in [1.82, 2.24) is 15.2 Å². The zero-order valence-electron chi connectivity index (χ0n) is 20.0. The molecule has 3 rings (SSSR count). The maximum absolute atomic E-state index is 13.7. The topological polar surface area (TPSA) is 101 Å². The summed E-state index contributed by atoms with van der Waals surface area (Å²) in [5.41, 5.74) is 0.526. The van der Waals surface area contributed by atoms with Gasteiger partial charge < -0.3 is 20.3 Å². The zero-order chi connectivity index (χ0) is 25.0. The summed E-state index contributed by atoms with van der Waals surface area (Å²) >= 11 is 0. The van der Waals surface area contributed by atoms with Crippen LogP contribution in [0.25, 0.3) is 0 Å². The van der Waals surface area contributed by atoms with E-state index in [4.69, 9.17) is 4.74 Å². The molecule has 0 unspecified atom stereocenters. The number of hydrogen-bond donors (Lipinski definition) is 2. The van der Waals surface area contributed by atoms with Crippen molar-refractivity contribution in [2.45, 2.75) is 57.0 Å². The molecule has 1 fully saturated rings. The summed E-state index contributed by atoms with van der Waals surface area (Å²) in [5, 5.41) is 5.51. The molecule has 0 saturated heterocycles. The maximum Gasteiger partial charge on any atom is 0.247 e. The van der Waals surface area contributed by atoms with Crippen LogP contribution in [0.1, 0.15) is 56.6 Å². The minimum atomic E-state index is -0.929. The molecule has 9 heteroatoms. The van der Waals surface area contributed by atoms with Gasteiger partial charge in [0.15, 0.2) is 0 Å². The molecule has 35 heavy (non-hydrogen) atoms. The Morgan fingerprint density at radius 1 is 1.09 bits per heavy atom. The molecule has 1 saturated carbocycles. The lowest BCUT2D eigenvalue weighted by Gasteiger charge is -2.39. The van der Waals surface area contributed by atoms with E-state index in [0.29, 0.717) is 18.0 Å². The Hall–Kier alpha value is -3.33. The second-order valence-corrected chi connectivity index (χ2v) is 8.59. The number of ether oxygens (including phenoxy) is 1. The standard InChI is InChI=1S/C26H33FN4O4/c1-35-18-17-29-26(34)25(19-10-12-20(27)13-11-19)31(21-7-3-2-4-8-21)24(33)15-14-23(32)30-22-9-5-6-16-28-22/h5-6,9-13,16,21,25H,2-4,7-8,14-15,17-18H2,1H3,(H,29,34)(H,28,30,32)/t25-/m0/s1. The zero-order valence-corrected chi connectivity index (χ0v) is 20.0. The molecule has 0 bridgehead atoms. The molecule has 0 aliphatic heterocycles. The number of carbonyl (C=O) groups is 3. The molecule has 1 aromatic heterocycles. The van der Waals surface area contributed by atoms with E-state index in [-0.39, 0.29) is 43.1 Å². The van der Waals surface area contributed by atoms with E-state index in [1.54, 1.807) is 29.3 Å². The largest absolute Gasteiger partial charge is 0.383 e. The highest BCUT2D eigenvalue weighted by Crippen LogP contribution is 2.32. The fraction of sp³-hybridized carbons (Fsp3) is 0.462. The minimum absolute atomic E-state index is 0.0416. The van der Waals surface area contributed by atoms with Gasteiger partial charge >= 0.3 is 0 Å². The van der Waals surface area contributed by atoms with E-state index in [1.807, 2.05) is 0 Å². The lowest BCUT2D eigenvalue weighted by molar-refractivity contribution is -0.145. The SMILES string of the molecule is COCCNC(=O)[C@H](c1ccc(F)cc1)N(C(=O)CCC(=O)Nc1ccccn1)C1CCCCC1. The van der Waals surface area contributed by atoms with Crippen molar-refractivity contribution >= 4 is 23.5 Å². The number of aromatic nitrogens is 1. The summed E-state index contributed by atoms with van der Waals surface area (Å²) in [6.07, 6.45) is 6.00. The summed E-state index contributed by atoms with van der Waals surface area (Å²) in [4.78, 5) is 45.0. The third-order valence-corrected chi connectivity index (χ3v) is 6.07. The van der Waals surface area contributed by atoms with Crippen LogP contribution in [0.4, 0.5) is 10.2 Å². The normalized spacial score (nSPS) is 14.7. The van der Waals surface area contributed by atoms with Crippen LogP contribution in [-0.2, 0) is 19.1 Å². The van der Waals surface area contributed by atoms with E-state index < -0.39 is 11.9 Å². The Labute approximate surface area is 205 Å². The van der Waals surface area contributed by atoms with Gasteiger partial charge in [0.05, 0.1) is 6.61 Å². The Bertz CT molecular complexity index is 965. The van der Waals surface area contributed by atoms with Crippen LogP contribution in [-0.4, -0.2) is 53.9 Å². The van der Waals surface area contributed by atoms with Crippen LogP contribution in [0, 0.1) is 5.82 Å². The number of anilines is 1. The lowest BCUT2D eigenvalue weighted by atomic mass is 9.91. The highest BCUT2D eigenvalue weighted by molar-refractivity contribution is 5.94. The van der Waals surface area contributed by atoms with Crippen molar-refractivity contribution in [1.29, 1.82) is 0 Å². The number of carbonyl (C=O) groups excluding carboxylic acids is 3. The van der Waals surface area contributed by atoms with Crippen LogP contribution >= 0.6 is 0 Å². The van der Waals surface area contributed by atoms with E-state index >= 15 is 0 Å². The summed E-state index contributed by atoms with van der Waals surface area (Å²) in [5.74, 6) is -0.983. The van der Waals surface area contributed by atoms with E-state index in [9.17, 15) is 18.8 Å². The van der Waals surface area contributed by atoms with Gasteiger partial charge in [0, 0.05) is 38.7 Å². The lowest BCUT2D eigenvalue weighted by Crippen LogP contribution is -2.49. The number of hydrogen-bond acceptors (Lipinski definition) is 5. The number of nitrogens with one attached hydrogen (secondary N) is 2. The fourth-order valence-corrected chi connectivity index (χ4v) is 4.37. The summed E-state index contributed by atoms with van der Waals surface area (Å²) in [6, 6.07) is 9.74. The molecule has 1 aliphatic rings. The molecule has 1 aromatic carbocycles. The molecular weight excluding hydrogens is 451 g/mol. The molecule has 2 aromatic rings. The van der Waals surface area contributed by atoms with E-state index in [1.165, 1.54) is 31.4 Å². The van der Waals surface area contributed by atoms with Gasteiger partial charge in [-0.05, 0) is 42.7 Å². The molecule has 0 spiro atoms. The number of pyridine rings is 1. The molecule has 1 atom stereocenters. The van der Waals surface area contributed by atoms with Crippen molar-refractivity contribution in [3.63, 3.8) is 0 Å². The Kier molecular flexibility index (Phi) is 10.2. The Balaban J connectivity index is 1.81. The summed E-state index contributed by atoms with van der Waals surface area (Å²) in [7, 11) is 1.54. The van der Waals surface area contributed by atoms with E-state index in [2.05, 4.69) is 15.6 Å². The van der Waals surface area contributed by atoms with Crippen LogP contribution in [0.15, 0.2) is 48.7 Å². The molecule has 0 radical (unpaired) electrons. The monoisotopic (exact) mass is 484 g/mol. The van der Waals surface area contributed by atoms with Crippen molar-refractivity contribution in [3.05, 3.63) is 60.0 Å². The summed E-state index contributed by atoms with van der Waals surface area (Å²) in [6.45, 7) is 0.610. The van der Waals surface area contributed by atoms with Gasteiger partial charge in [-0.1, -0.05) is 37.5 Å². The smallest absolute Gasteiger partial charge is 0.247 e. The number of methoxy groups -OCH3 is 1. The molecular formula is C26H33FN4O4. The number of nitrogens with zero attached hydrogens (tertiary/aromatic N) is 2. The van der Waals surface area contributed by atoms with Gasteiger partial charge in [0.25, 0.3) is 0 Å². The fourth-order valence-electron chi connectivity index (χ4n) is 4.37. The second-order valence-electron chi connectivity index (χ2n) is 8.59. The first-order valence-electron chi connectivity index (χ1n) is 12.0. The number of benzene rings is 1. The van der Waals surface area contributed by atoms with E-state index in [0.717, 1.165) is 32.1 Å². The van der Waals surface area contributed by atoms with Gasteiger partial charge in [-0.3, -0.25) is 14.4 Å². The average molecular weight is 485 g/mol. The third-order valence-electron chi connectivity index (χ3n) is 6.07. The summed E-state index contributed by atoms with van der Waals surface area (Å²) < 4.78 is 18.7. The molecule has 3 amide bonds. The highest BCUT2D eigenvalue weighted by Gasteiger charge is 2.36. The molecule has 188 valence electrons. The van der Waals surface area contributed by atoms with Crippen LogP contribution < -0.4 is 10.6 Å². The average Bonchev–Trinajstić information content (AvgIpc) is 2.87. The van der Waals surface area contributed by atoms with Gasteiger partial charge in [0.1, 0.15) is 17.7 Å². The van der Waals surface area contributed by atoms with Gasteiger partial charge in [-0.2, -0.15) is 0 Å². The first-order valence-corrected chi connectivity index (χ1v) is 12.0. The van der Waals surface area contributed by atoms with Crippen molar-refractivity contribution in [3.8, 4) is 0 Å². The minimum Gasteiger partial charge on any atom is -0.383 e. The van der Waals surface area contributed by atoms with Crippen molar-refractivity contribution < 1.29 is 23.5 Å². The van der Waals surface area contributed by atoms with Gasteiger partial charge in [0.2, 0.25) is 17.7 Å². The molecule has 2 N–H and O–H groups in total. The predicted molar refractivity (Wildman–Crippen MR) is 130 cm³/mol. The molecule has 8 nitrogen and oxygen atoms in total. The first-order chi connectivity index (χ1) is 17.0.